The Labute approximate surface area is 677 Å². The van der Waals surface area contributed by atoms with Crippen LogP contribution in [0.4, 0.5) is 0 Å². The first-order valence-electron chi connectivity index (χ1n) is 47.1. The first-order valence-corrected chi connectivity index (χ1v) is 50.1. The van der Waals surface area contributed by atoms with Crippen LogP contribution in [-0.4, -0.2) is 96.7 Å². The Morgan fingerprint density at radius 1 is 0.245 bits per heavy atom. The van der Waals surface area contributed by atoms with E-state index in [1.807, 2.05) is 0 Å². The summed E-state index contributed by atoms with van der Waals surface area (Å²) in [5.41, 5.74) is 0. The van der Waals surface area contributed by atoms with Gasteiger partial charge in [-0.05, 0) is 31.6 Å². The van der Waals surface area contributed by atoms with Crippen LogP contribution in [0.25, 0.3) is 0 Å². The van der Waals surface area contributed by atoms with Crippen molar-refractivity contribution in [3.05, 3.63) is 0 Å². The van der Waals surface area contributed by atoms with E-state index in [0.717, 1.165) is 96.3 Å². The maximum absolute atomic E-state index is 13.2. The maximum atomic E-state index is 13.2. The highest BCUT2D eigenvalue weighted by atomic mass is 31.2. The molecule has 2 unspecified atom stereocenters. The molecule has 0 aliphatic heterocycles. The number of hydrogen-bond acceptors (Lipinski definition) is 15. The smallest absolute Gasteiger partial charge is 0.462 e. The van der Waals surface area contributed by atoms with E-state index < -0.39 is 97.5 Å². The summed E-state index contributed by atoms with van der Waals surface area (Å²) in [6.45, 7) is 7.34. The number of unbranched alkanes of at least 4 members (excludes halogenated alkanes) is 63. The van der Waals surface area contributed by atoms with Crippen LogP contribution >= 0.6 is 15.6 Å². The lowest BCUT2D eigenvalue weighted by Gasteiger charge is -2.21. The van der Waals surface area contributed by atoms with E-state index in [0.29, 0.717) is 31.6 Å². The van der Waals surface area contributed by atoms with Crippen LogP contribution in [0.2, 0.25) is 0 Å². The lowest BCUT2D eigenvalue weighted by molar-refractivity contribution is -0.161. The number of phosphoric ester groups is 2. The van der Waals surface area contributed by atoms with Gasteiger partial charge in [-0.1, -0.05) is 446 Å². The number of phosphoric acid groups is 2. The normalized spacial score (nSPS) is 13.7. The van der Waals surface area contributed by atoms with Crippen molar-refractivity contribution in [2.45, 2.75) is 515 Å². The van der Waals surface area contributed by atoms with Gasteiger partial charge in [0.1, 0.15) is 19.3 Å². The van der Waals surface area contributed by atoms with E-state index in [-0.39, 0.29) is 25.7 Å². The largest absolute Gasteiger partial charge is 0.472 e. The average molecular weight is 1610 g/mol. The number of carbonyl (C=O) groups is 4. The van der Waals surface area contributed by atoms with E-state index >= 15 is 0 Å². The molecule has 0 bridgehead atoms. The predicted octanol–water partition coefficient (Wildman–Crippen LogP) is 28.3. The molecule has 654 valence electrons. The fourth-order valence-electron chi connectivity index (χ4n) is 14.4. The number of hydrogen-bond donors (Lipinski definition) is 3. The zero-order chi connectivity index (χ0) is 80.4. The van der Waals surface area contributed by atoms with Gasteiger partial charge in [-0.25, -0.2) is 9.13 Å². The molecule has 0 aliphatic carbocycles. The highest BCUT2D eigenvalue weighted by Gasteiger charge is 2.31. The van der Waals surface area contributed by atoms with Crippen molar-refractivity contribution in [1.29, 1.82) is 0 Å². The third kappa shape index (κ3) is 84.0. The predicted molar refractivity (Wildman–Crippen MR) is 455 cm³/mol. The van der Waals surface area contributed by atoms with Gasteiger partial charge in [-0.15, -0.1) is 0 Å². The molecule has 0 aliphatic rings. The van der Waals surface area contributed by atoms with Gasteiger partial charge >= 0.3 is 39.5 Å². The average Bonchev–Trinajstić information content (AvgIpc) is 0.905. The molecule has 0 radical (unpaired) electrons. The third-order valence-electron chi connectivity index (χ3n) is 21.5. The Balaban J connectivity index is 5.21. The van der Waals surface area contributed by atoms with Gasteiger partial charge in [0.05, 0.1) is 26.4 Å². The Kier molecular flexibility index (Phi) is 82.1. The van der Waals surface area contributed by atoms with Gasteiger partial charge in [0.2, 0.25) is 0 Å². The van der Waals surface area contributed by atoms with Gasteiger partial charge in [0.25, 0.3) is 0 Å². The van der Waals surface area contributed by atoms with Crippen molar-refractivity contribution >= 4 is 39.5 Å². The summed E-state index contributed by atoms with van der Waals surface area (Å²) in [6, 6.07) is 0. The molecule has 5 atom stereocenters. The molecule has 19 heteroatoms. The molecule has 0 heterocycles. The summed E-state index contributed by atoms with van der Waals surface area (Å²) >= 11 is 0. The molecule has 17 nitrogen and oxygen atoms in total. The Hall–Kier alpha value is -1.94. The van der Waals surface area contributed by atoms with Crippen molar-refractivity contribution < 1.29 is 80.2 Å². The Morgan fingerprint density at radius 3 is 0.618 bits per heavy atom. The van der Waals surface area contributed by atoms with E-state index in [4.69, 9.17) is 37.0 Å². The molecule has 0 spiro atoms. The van der Waals surface area contributed by atoms with Crippen LogP contribution in [-0.2, 0) is 65.4 Å². The fourth-order valence-corrected chi connectivity index (χ4v) is 15.9. The van der Waals surface area contributed by atoms with Crippen LogP contribution in [0.5, 0.6) is 0 Å². The van der Waals surface area contributed by atoms with E-state index in [9.17, 15) is 43.2 Å². The first kappa shape index (κ1) is 108. The summed E-state index contributed by atoms with van der Waals surface area (Å²) in [5, 5.41) is 10.7. The molecular weight excluding hydrogens is 1430 g/mol. The topological polar surface area (TPSA) is 237 Å². The summed E-state index contributed by atoms with van der Waals surface area (Å²) in [7, 11) is -9.93. The second-order valence-corrected chi connectivity index (χ2v) is 36.1. The van der Waals surface area contributed by atoms with Gasteiger partial charge in [-0.2, -0.15) is 0 Å². The van der Waals surface area contributed by atoms with Gasteiger partial charge in [0.15, 0.2) is 12.2 Å². The minimum absolute atomic E-state index is 0.108. The van der Waals surface area contributed by atoms with Crippen LogP contribution in [0, 0.1) is 5.92 Å². The molecule has 0 saturated heterocycles. The van der Waals surface area contributed by atoms with Crippen molar-refractivity contribution in [2.75, 3.05) is 39.6 Å². The number of esters is 4. The molecule has 110 heavy (non-hydrogen) atoms. The monoisotopic (exact) mass is 1610 g/mol. The zero-order valence-electron chi connectivity index (χ0n) is 72.4. The minimum atomic E-state index is -4.97. The molecule has 0 amide bonds. The molecule has 3 N–H and O–H groups in total. The number of aliphatic hydroxyl groups excluding tert-OH is 1. The quantitative estimate of drug-likeness (QED) is 0.0222. The van der Waals surface area contributed by atoms with Crippen LogP contribution in [0.1, 0.15) is 497 Å². The molecular formula is C91H178O17P2. The maximum Gasteiger partial charge on any atom is 0.472 e. The Bertz CT molecular complexity index is 2080. The standard InChI is InChI=1S/C91H178O17P2/c1-6-9-12-15-18-21-24-27-30-33-36-38-41-44-47-50-53-56-61-67-71-76-90(95)107-86(80-101-88(93)74-69-64-59-54-51-48-45-42-40-37-34-31-28-25-22-19-16-13-10-7-2)82-105-109(97,98)103-78-85(92)79-104-110(99,100)106-83-87(81-102-89(94)75-70-65-62-57-58-63-68-73-84(4)5)108-91(96)77-72-66-60-55-52-49-46-43-39-35-32-29-26-23-20-17-14-11-8-3/h84-87,92H,6-83H2,1-5H3,(H,97,98)(H,99,100)/t85-,86-,87-/m1/s1. The van der Waals surface area contributed by atoms with Crippen molar-refractivity contribution in [3.63, 3.8) is 0 Å². The molecule has 0 aromatic carbocycles. The number of carbonyl (C=O) groups excluding carboxylic acids is 4. The lowest BCUT2D eigenvalue weighted by Crippen LogP contribution is -2.30. The van der Waals surface area contributed by atoms with Crippen LogP contribution in [0.15, 0.2) is 0 Å². The second kappa shape index (κ2) is 83.5. The third-order valence-corrected chi connectivity index (χ3v) is 23.4. The minimum Gasteiger partial charge on any atom is -0.462 e. The molecule has 0 aromatic rings. The summed E-state index contributed by atoms with van der Waals surface area (Å²) < 4.78 is 69.0. The fraction of sp³-hybridized carbons (Fsp3) is 0.956. The second-order valence-electron chi connectivity index (χ2n) is 33.2. The number of rotatable bonds is 91. The van der Waals surface area contributed by atoms with Gasteiger partial charge in [0, 0.05) is 25.7 Å². The first-order chi connectivity index (χ1) is 53.5. The van der Waals surface area contributed by atoms with E-state index in [1.54, 1.807) is 0 Å². The SMILES string of the molecule is CCCCCCCCCCCCCCCCCCCCCCCC(=O)O[C@H](COC(=O)CCCCCCCCCCCCCCCCCCCCCC)COP(=O)(O)OC[C@@H](O)COP(=O)(O)OC[C@@H](COC(=O)CCCCCCCCCC(C)C)OC(=O)CCCCCCCCCCCCCCCCCCCCC. The van der Waals surface area contributed by atoms with Crippen molar-refractivity contribution in [1.82, 2.24) is 0 Å². The highest BCUT2D eigenvalue weighted by Crippen LogP contribution is 2.45. The molecule has 0 aromatic heterocycles. The van der Waals surface area contributed by atoms with Crippen LogP contribution < -0.4 is 0 Å². The zero-order valence-corrected chi connectivity index (χ0v) is 74.2. The lowest BCUT2D eigenvalue weighted by atomic mass is 10.0. The van der Waals surface area contributed by atoms with Crippen molar-refractivity contribution in [3.8, 4) is 0 Å². The van der Waals surface area contributed by atoms with E-state index in [2.05, 4.69) is 34.6 Å². The molecule has 0 fully saturated rings. The van der Waals surface area contributed by atoms with E-state index in [1.165, 1.54) is 315 Å². The summed E-state index contributed by atoms with van der Waals surface area (Å²) in [5.74, 6) is -1.39. The molecule has 0 rings (SSSR count). The number of ether oxygens (including phenoxy) is 4. The molecule has 0 saturated carbocycles. The summed E-state index contributed by atoms with van der Waals surface area (Å²) in [4.78, 5) is 73.4. The highest BCUT2D eigenvalue weighted by molar-refractivity contribution is 7.47. The number of aliphatic hydroxyl groups is 1. The van der Waals surface area contributed by atoms with Crippen LogP contribution in [0.3, 0.4) is 0 Å². The van der Waals surface area contributed by atoms with Gasteiger partial charge in [-0.3, -0.25) is 37.3 Å². The summed E-state index contributed by atoms with van der Waals surface area (Å²) in [6.07, 6.45) is 79.5. The Morgan fingerprint density at radius 2 is 0.418 bits per heavy atom. The van der Waals surface area contributed by atoms with Gasteiger partial charge < -0.3 is 33.8 Å². The van der Waals surface area contributed by atoms with Crippen molar-refractivity contribution in [2.24, 2.45) is 5.92 Å².